The molecule has 0 atom stereocenters. The number of amides is 1. The maximum absolute atomic E-state index is 12.2. The van der Waals surface area contributed by atoms with Crippen LogP contribution in [0.1, 0.15) is 28.2 Å². The minimum absolute atomic E-state index is 0.0550. The third-order valence-corrected chi connectivity index (χ3v) is 3.84. The predicted octanol–water partition coefficient (Wildman–Crippen LogP) is 0.671. The summed E-state index contributed by atoms with van der Waals surface area (Å²) in [5, 5.41) is 7.17. The number of hydrogen-bond acceptors (Lipinski definition) is 5. The summed E-state index contributed by atoms with van der Waals surface area (Å²) in [7, 11) is 1.87. The summed E-state index contributed by atoms with van der Waals surface area (Å²) >= 11 is 1.18. The van der Waals surface area contributed by atoms with Crippen molar-refractivity contribution in [3.8, 4) is 0 Å². The summed E-state index contributed by atoms with van der Waals surface area (Å²) in [5.74, 6) is 0.0550. The Bertz CT molecular complexity index is 373. The molecule has 1 aromatic heterocycles. The molecule has 0 radical (unpaired) electrons. The van der Waals surface area contributed by atoms with Crippen LogP contribution >= 0.6 is 11.5 Å². The molecule has 0 aliphatic carbocycles. The van der Waals surface area contributed by atoms with Crippen LogP contribution in [0.25, 0.3) is 0 Å². The van der Waals surface area contributed by atoms with Crippen LogP contribution in [0.2, 0.25) is 0 Å². The first-order valence-electron chi connectivity index (χ1n) is 5.47. The van der Waals surface area contributed by atoms with Crippen molar-refractivity contribution in [1.29, 1.82) is 0 Å². The molecule has 0 aromatic carbocycles. The third kappa shape index (κ3) is 2.22. The minimum atomic E-state index is 0.0550. The molecule has 5 nitrogen and oxygen atoms in total. The topological polar surface area (TPSA) is 58.1 Å². The van der Waals surface area contributed by atoms with Gasteiger partial charge in [-0.15, -0.1) is 5.10 Å². The molecule has 1 fully saturated rings. The van der Waals surface area contributed by atoms with E-state index in [0.717, 1.165) is 31.6 Å². The van der Waals surface area contributed by atoms with E-state index in [4.69, 9.17) is 0 Å². The van der Waals surface area contributed by atoms with E-state index in [0.29, 0.717) is 10.9 Å². The summed E-state index contributed by atoms with van der Waals surface area (Å²) < 4.78 is 3.80. The maximum atomic E-state index is 12.2. The van der Waals surface area contributed by atoms with Crippen molar-refractivity contribution in [3.05, 3.63) is 10.6 Å². The number of nitrogens with zero attached hydrogens (tertiary/aromatic N) is 3. The van der Waals surface area contributed by atoms with Gasteiger partial charge >= 0.3 is 0 Å². The van der Waals surface area contributed by atoms with E-state index in [1.165, 1.54) is 11.5 Å². The Kier molecular flexibility index (Phi) is 3.50. The van der Waals surface area contributed by atoms with Crippen molar-refractivity contribution < 1.29 is 4.79 Å². The highest BCUT2D eigenvalue weighted by atomic mass is 32.1. The molecule has 1 N–H and O–H groups in total. The van der Waals surface area contributed by atoms with Crippen molar-refractivity contribution >= 4 is 17.4 Å². The second-order valence-corrected chi connectivity index (χ2v) is 4.84. The van der Waals surface area contributed by atoms with Crippen LogP contribution in [0.5, 0.6) is 0 Å². The maximum Gasteiger partial charge on any atom is 0.267 e. The van der Waals surface area contributed by atoms with E-state index < -0.39 is 0 Å². The van der Waals surface area contributed by atoms with Gasteiger partial charge in [-0.25, -0.2) is 0 Å². The van der Waals surface area contributed by atoms with Gasteiger partial charge in [0.25, 0.3) is 5.91 Å². The second kappa shape index (κ2) is 4.88. The van der Waals surface area contributed by atoms with Gasteiger partial charge in [0, 0.05) is 13.1 Å². The Balaban J connectivity index is 2.06. The van der Waals surface area contributed by atoms with Crippen LogP contribution in [0.4, 0.5) is 0 Å². The third-order valence-electron chi connectivity index (χ3n) is 3.02. The van der Waals surface area contributed by atoms with Crippen molar-refractivity contribution in [3.63, 3.8) is 0 Å². The monoisotopic (exact) mass is 240 g/mol. The molecular weight excluding hydrogens is 224 g/mol. The number of hydrogen-bond donors (Lipinski definition) is 1. The van der Waals surface area contributed by atoms with E-state index in [1.54, 1.807) is 0 Å². The highest BCUT2D eigenvalue weighted by Gasteiger charge is 2.25. The van der Waals surface area contributed by atoms with E-state index >= 15 is 0 Å². The smallest absolute Gasteiger partial charge is 0.267 e. The summed E-state index contributed by atoms with van der Waals surface area (Å²) in [5.41, 5.74) is 0.732. The van der Waals surface area contributed by atoms with Gasteiger partial charge in [0.1, 0.15) is 4.88 Å². The van der Waals surface area contributed by atoms with Crippen molar-refractivity contribution in [2.45, 2.75) is 25.8 Å². The lowest BCUT2D eigenvalue weighted by Crippen LogP contribution is -2.43. The number of rotatable bonds is 2. The lowest BCUT2D eigenvalue weighted by molar-refractivity contribution is 0.0707. The number of carbonyl (C=O) groups excluding carboxylic acids is 1. The van der Waals surface area contributed by atoms with Crippen LogP contribution in [0, 0.1) is 6.92 Å². The molecule has 0 bridgehead atoms. The van der Waals surface area contributed by atoms with E-state index in [1.807, 2.05) is 18.9 Å². The number of aryl methyl sites for hydroxylation is 1. The van der Waals surface area contributed by atoms with Gasteiger partial charge < -0.3 is 10.2 Å². The number of nitrogens with one attached hydrogen (secondary N) is 1. The van der Waals surface area contributed by atoms with Gasteiger partial charge in [0.05, 0.1) is 5.69 Å². The van der Waals surface area contributed by atoms with Crippen LogP contribution < -0.4 is 5.32 Å². The Morgan fingerprint density at radius 1 is 1.50 bits per heavy atom. The van der Waals surface area contributed by atoms with Gasteiger partial charge in [0.15, 0.2) is 0 Å². The van der Waals surface area contributed by atoms with Crippen molar-refractivity contribution in [1.82, 2.24) is 19.8 Å². The van der Waals surface area contributed by atoms with E-state index in [2.05, 4.69) is 14.9 Å². The van der Waals surface area contributed by atoms with Gasteiger partial charge in [0.2, 0.25) is 0 Å². The zero-order chi connectivity index (χ0) is 11.5. The Morgan fingerprint density at radius 3 is 2.75 bits per heavy atom. The normalized spacial score (nSPS) is 17.4. The van der Waals surface area contributed by atoms with Crippen LogP contribution in [0.3, 0.4) is 0 Å². The fourth-order valence-corrected chi connectivity index (χ4v) is 2.59. The Morgan fingerprint density at radius 2 is 2.19 bits per heavy atom. The van der Waals surface area contributed by atoms with Gasteiger partial charge in [-0.05, 0) is 44.4 Å². The van der Waals surface area contributed by atoms with E-state index in [9.17, 15) is 4.79 Å². The summed E-state index contributed by atoms with van der Waals surface area (Å²) in [4.78, 5) is 14.7. The number of carbonyl (C=O) groups is 1. The van der Waals surface area contributed by atoms with Crippen molar-refractivity contribution in [2.75, 3.05) is 20.1 Å². The molecule has 1 saturated heterocycles. The Labute approximate surface area is 99.0 Å². The first-order chi connectivity index (χ1) is 7.70. The first kappa shape index (κ1) is 11.5. The molecule has 2 heterocycles. The second-order valence-electron chi connectivity index (χ2n) is 4.08. The molecule has 16 heavy (non-hydrogen) atoms. The summed E-state index contributed by atoms with van der Waals surface area (Å²) in [6, 6.07) is 0.343. The molecule has 1 aromatic rings. The van der Waals surface area contributed by atoms with E-state index in [-0.39, 0.29) is 5.91 Å². The number of piperidine rings is 1. The highest BCUT2D eigenvalue weighted by molar-refractivity contribution is 7.07. The fraction of sp³-hybridized carbons (Fsp3) is 0.700. The van der Waals surface area contributed by atoms with Crippen molar-refractivity contribution in [2.24, 2.45) is 0 Å². The lowest BCUT2D eigenvalue weighted by atomic mass is 10.1. The van der Waals surface area contributed by atoms with Crippen LogP contribution in [-0.2, 0) is 0 Å². The van der Waals surface area contributed by atoms with Crippen LogP contribution in [-0.4, -0.2) is 46.6 Å². The van der Waals surface area contributed by atoms with Gasteiger partial charge in [-0.1, -0.05) is 4.49 Å². The molecule has 0 saturated carbocycles. The first-order valence-corrected chi connectivity index (χ1v) is 6.24. The average molecular weight is 240 g/mol. The minimum Gasteiger partial charge on any atom is -0.338 e. The number of aromatic nitrogens is 2. The molecule has 1 aliphatic rings. The molecular formula is C10H16N4OS. The summed E-state index contributed by atoms with van der Waals surface area (Å²) in [6.07, 6.45) is 2.04. The molecule has 88 valence electrons. The zero-order valence-electron chi connectivity index (χ0n) is 9.56. The SMILES string of the molecule is Cc1nnsc1C(=O)N(C)C1CCNCC1. The van der Waals surface area contributed by atoms with Gasteiger partial charge in [-0.3, -0.25) is 4.79 Å². The molecule has 1 aliphatic heterocycles. The molecule has 1 amide bonds. The van der Waals surface area contributed by atoms with Crippen LogP contribution in [0.15, 0.2) is 0 Å². The quantitative estimate of drug-likeness (QED) is 0.825. The molecule has 0 unspecified atom stereocenters. The molecule has 2 rings (SSSR count). The standard InChI is InChI=1S/C10H16N4OS/c1-7-9(16-13-12-7)10(15)14(2)8-3-5-11-6-4-8/h8,11H,3-6H2,1-2H3. The largest absolute Gasteiger partial charge is 0.338 e. The molecule has 6 heteroatoms. The fourth-order valence-electron chi connectivity index (χ4n) is 1.95. The highest BCUT2D eigenvalue weighted by Crippen LogP contribution is 2.17. The summed E-state index contributed by atoms with van der Waals surface area (Å²) in [6.45, 7) is 3.80. The Hall–Kier alpha value is -1.01. The predicted molar refractivity (Wildman–Crippen MR) is 62.6 cm³/mol. The molecule has 0 spiro atoms. The zero-order valence-corrected chi connectivity index (χ0v) is 10.4. The average Bonchev–Trinajstić information content (AvgIpc) is 2.75. The lowest BCUT2D eigenvalue weighted by Gasteiger charge is -2.31. The van der Waals surface area contributed by atoms with Gasteiger partial charge in [-0.2, -0.15) is 0 Å².